The molecule has 0 rings (SSSR count). The predicted molar refractivity (Wildman–Crippen MR) is 121 cm³/mol. The molecule has 0 spiro atoms. The van der Waals surface area contributed by atoms with Crippen molar-refractivity contribution in [2.45, 2.75) is 106 Å². The van der Waals surface area contributed by atoms with Gasteiger partial charge in [-0.3, -0.25) is 0 Å². The molecule has 0 unspecified atom stereocenters. The van der Waals surface area contributed by atoms with Gasteiger partial charge in [0.2, 0.25) is 0 Å². The van der Waals surface area contributed by atoms with Gasteiger partial charge in [-0.05, 0) is 67.2 Å². The Morgan fingerprint density at radius 2 is 0.667 bits per heavy atom. The molecule has 0 aromatic rings. The number of hydrogen-bond donors (Lipinski definition) is 2. The van der Waals surface area contributed by atoms with E-state index in [2.05, 4.69) is 41.5 Å². The highest BCUT2D eigenvalue weighted by molar-refractivity contribution is 5.64. The molecule has 0 aromatic carbocycles. The van der Waals surface area contributed by atoms with E-state index in [-0.39, 0.29) is 12.8 Å². The van der Waals surface area contributed by atoms with Crippen LogP contribution in [-0.2, 0) is 9.59 Å². The van der Waals surface area contributed by atoms with E-state index in [4.69, 9.17) is 0 Å². The summed E-state index contributed by atoms with van der Waals surface area (Å²) in [5.41, 5.74) is 0. The zero-order valence-corrected chi connectivity index (χ0v) is 20.9. The quantitative estimate of drug-likeness (QED) is 0.323. The molecule has 0 heterocycles. The predicted octanol–water partition coefficient (Wildman–Crippen LogP) is 0.249. The van der Waals surface area contributed by atoms with E-state index in [0.29, 0.717) is 12.8 Å². The van der Waals surface area contributed by atoms with Crippen molar-refractivity contribution < 1.29 is 29.6 Å². The summed E-state index contributed by atoms with van der Waals surface area (Å²) in [4.78, 5) is 23.6. The maximum absolute atomic E-state index is 10.1. The SMILES string of the molecule is CC[NH+](CC)CC.CC[NH+](CC)CC.O=C([O-])CCCCCCCCCCC(=O)[O-]. The smallest absolute Gasteiger partial charge is 0.0742 e. The Labute approximate surface area is 187 Å². The first kappa shape index (κ1) is 33.5. The molecule has 0 aliphatic carbocycles. The van der Waals surface area contributed by atoms with Crippen LogP contribution >= 0.6 is 0 Å². The molecular weight excluding hydrogens is 380 g/mol. The fraction of sp³-hybridized carbons (Fsp3) is 0.917. The Hall–Kier alpha value is -1.14. The topological polar surface area (TPSA) is 89.1 Å². The van der Waals surface area contributed by atoms with Crippen LogP contribution in [0.15, 0.2) is 0 Å². The number of carbonyl (C=O) groups excluding carboxylic acids is 2. The summed E-state index contributed by atoms with van der Waals surface area (Å²) in [5.74, 6) is -1.94. The van der Waals surface area contributed by atoms with Crippen LogP contribution in [0, 0.1) is 0 Å². The summed E-state index contributed by atoms with van der Waals surface area (Å²) in [6.07, 6.45) is 7.88. The fourth-order valence-electron chi connectivity index (χ4n) is 3.10. The first-order valence-electron chi connectivity index (χ1n) is 12.4. The lowest BCUT2D eigenvalue weighted by Gasteiger charge is -2.10. The van der Waals surface area contributed by atoms with Crippen LogP contribution in [0.2, 0.25) is 0 Å². The molecule has 30 heavy (non-hydrogen) atoms. The third-order valence-electron chi connectivity index (χ3n) is 5.51. The van der Waals surface area contributed by atoms with E-state index in [1.165, 1.54) is 39.3 Å². The molecule has 6 nitrogen and oxygen atoms in total. The summed E-state index contributed by atoms with van der Waals surface area (Å²) in [5, 5.41) is 20.2. The Balaban J connectivity index is -0.000000430. The summed E-state index contributed by atoms with van der Waals surface area (Å²) < 4.78 is 0. The average Bonchev–Trinajstić information content (AvgIpc) is 2.72. The maximum Gasteiger partial charge on any atom is 0.0742 e. The van der Waals surface area contributed by atoms with E-state index in [9.17, 15) is 19.8 Å². The van der Waals surface area contributed by atoms with Gasteiger partial charge in [0.25, 0.3) is 0 Å². The van der Waals surface area contributed by atoms with Gasteiger partial charge < -0.3 is 29.6 Å². The first-order valence-corrected chi connectivity index (χ1v) is 12.4. The van der Waals surface area contributed by atoms with Gasteiger partial charge in [0.05, 0.1) is 39.3 Å². The van der Waals surface area contributed by atoms with Crippen molar-refractivity contribution in [2.75, 3.05) is 39.3 Å². The van der Waals surface area contributed by atoms with E-state index in [0.717, 1.165) is 38.5 Å². The lowest BCUT2D eigenvalue weighted by Crippen LogP contribution is -3.11. The number of carboxylic acids is 2. The maximum atomic E-state index is 10.1. The molecule has 0 bridgehead atoms. The van der Waals surface area contributed by atoms with Gasteiger partial charge in [-0.25, -0.2) is 0 Å². The van der Waals surface area contributed by atoms with Crippen LogP contribution < -0.4 is 20.0 Å². The fourth-order valence-corrected chi connectivity index (χ4v) is 3.10. The van der Waals surface area contributed by atoms with Crippen LogP contribution in [0.4, 0.5) is 0 Å². The minimum Gasteiger partial charge on any atom is -0.550 e. The van der Waals surface area contributed by atoms with Crippen molar-refractivity contribution >= 4 is 11.9 Å². The molecule has 0 radical (unpaired) electrons. The third kappa shape index (κ3) is 31.6. The summed E-state index contributed by atoms with van der Waals surface area (Å²) >= 11 is 0. The number of carboxylic acid groups (broad SMARTS) is 2. The number of nitrogens with one attached hydrogen (secondary N) is 2. The first-order chi connectivity index (χ1) is 14.3. The van der Waals surface area contributed by atoms with Gasteiger partial charge in [0, 0.05) is 11.9 Å². The Morgan fingerprint density at radius 1 is 0.467 bits per heavy atom. The highest BCUT2D eigenvalue weighted by Crippen LogP contribution is 2.10. The van der Waals surface area contributed by atoms with Gasteiger partial charge in [-0.2, -0.15) is 0 Å². The molecule has 0 amide bonds. The zero-order chi connectivity index (χ0) is 23.6. The number of rotatable bonds is 17. The van der Waals surface area contributed by atoms with Crippen molar-refractivity contribution in [3.63, 3.8) is 0 Å². The molecule has 0 fully saturated rings. The van der Waals surface area contributed by atoms with Gasteiger partial charge in [-0.15, -0.1) is 0 Å². The van der Waals surface area contributed by atoms with Crippen LogP contribution in [0.5, 0.6) is 0 Å². The van der Waals surface area contributed by atoms with E-state index < -0.39 is 11.9 Å². The van der Waals surface area contributed by atoms with Gasteiger partial charge in [0.1, 0.15) is 0 Å². The highest BCUT2D eigenvalue weighted by Gasteiger charge is 1.94. The van der Waals surface area contributed by atoms with Gasteiger partial charge in [-0.1, -0.05) is 38.5 Å². The number of quaternary nitrogens is 2. The van der Waals surface area contributed by atoms with Crippen LogP contribution in [0.25, 0.3) is 0 Å². The summed E-state index contributed by atoms with van der Waals surface area (Å²) in [7, 11) is 0. The lowest BCUT2D eigenvalue weighted by molar-refractivity contribution is -0.894. The molecule has 0 aromatic heterocycles. The van der Waals surface area contributed by atoms with E-state index in [1.807, 2.05) is 0 Å². The standard InChI is InChI=1S/C12H22O4.2C6H15N/c13-11(14)9-7-5-3-1-2-4-6-8-10-12(15)16;2*1-4-7(5-2)6-3/h1-10H2,(H,13,14)(H,15,16);2*4-6H2,1-3H3. The van der Waals surface area contributed by atoms with Crippen molar-refractivity contribution in [3.05, 3.63) is 0 Å². The monoisotopic (exact) mass is 432 g/mol. The second kappa shape index (κ2) is 27.9. The molecule has 0 atom stereocenters. The molecule has 2 N–H and O–H groups in total. The molecule has 0 saturated carbocycles. The van der Waals surface area contributed by atoms with E-state index >= 15 is 0 Å². The van der Waals surface area contributed by atoms with Crippen molar-refractivity contribution in [1.29, 1.82) is 0 Å². The molecule has 0 aliphatic rings. The average molecular weight is 433 g/mol. The molecule has 0 aliphatic heterocycles. The van der Waals surface area contributed by atoms with Crippen molar-refractivity contribution in [3.8, 4) is 0 Å². The van der Waals surface area contributed by atoms with Gasteiger partial charge >= 0.3 is 0 Å². The lowest BCUT2D eigenvalue weighted by atomic mass is 10.1. The second-order valence-corrected chi connectivity index (χ2v) is 7.69. The largest absolute Gasteiger partial charge is 0.550 e. The number of aliphatic carboxylic acids is 2. The highest BCUT2D eigenvalue weighted by atomic mass is 16.4. The normalized spacial score (nSPS) is 10.3. The summed E-state index contributed by atoms with van der Waals surface area (Å²) in [6.45, 7) is 21.0. The molecule has 0 saturated heterocycles. The molecule has 182 valence electrons. The Morgan fingerprint density at radius 3 is 0.800 bits per heavy atom. The molecule has 6 heteroatoms. The minimum absolute atomic E-state index is 0.158. The number of carbonyl (C=O) groups is 2. The summed E-state index contributed by atoms with van der Waals surface area (Å²) in [6, 6.07) is 0. The minimum atomic E-state index is -0.970. The van der Waals surface area contributed by atoms with Crippen LogP contribution in [0.3, 0.4) is 0 Å². The number of hydrogen-bond acceptors (Lipinski definition) is 4. The van der Waals surface area contributed by atoms with Crippen LogP contribution in [-0.4, -0.2) is 51.2 Å². The van der Waals surface area contributed by atoms with Gasteiger partial charge in [0.15, 0.2) is 0 Å². The Kier molecular flexibility index (Phi) is 31.1. The second-order valence-electron chi connectivity index (χ2n) is 7.69. The van der Waals surface area contributed by atoms with Crippen LogP contribution in [0.1, 0.15) is 106 Å². The Bertz CT molecular complexity index is 312. The van der Waals surface area contributed by atoms with Crippen molar-refractivity contribution in [1.82, 2.24) is 0 Å². The van der Waals surface area contributed by atoms with Crippen molar-refractivity contribution in [2.24, 2.45) is 0 Å². The number of unbranched alkanes of at least 4 members (excludes halogenated alkanes) is 7. The zero-order valence-electron chi connectivity index (χ0n) is 20.9. The third-order valence-corrected chi connectivity index (χ3v) is 5.51. The van der Waals surface area contributed by atoms with E-state index in [1.54, 1.807) is 9.80 Å². The molecular formula is C24H52N2O4.